The van der Waals surface area contributed by atoms with E-state index in [4.69, 9.17) is 0 Å². The Bertz CT molecular complexity index is 269. The van der Waals surface area contributed by atoms with Crippen molar-refractivity contribution in [1.82, 2.24) is 0 Å². The molecule has 0 aliphatic rings. The molecule has 0 aliphatic heterocycles. The van der Waals surface area contributed by atoms with Gasteiger partial charge < -0.3 is 4.55 Å². The Balaban J connectivity index is 0. The van der Waals surface area contributed by atoms with Gasteiger partial charge in [-0.25, -0.2) is 8.42 Å². The van der Waals surface area contributed by atoms with Crippen molar-refractivity contribution >= 4 is 27.0 Å². The molecule has 0 heterocycles. The molecule has 0 bridgehead atoms. The summed E-state index contributed by atoms with van der Waals surface area (Å²) < 4.78 is 30.0. The summed E-state index contributed by atoms with van der Waals surface area (Å²) in [6.45, 7) is 4.74. The third-order valence-corrected chi connectivity index (χ3v) is 2.92. The van der Waals surface area contributed by atoms with Crippen LogP contribution in [0, 0.1) is 0 Å². The molecule has 0 atom stereocenters. The maximum atomic E-state index is 10.6. The molecule has 0 aromatic rings. The molecule has 0 radical (unpaired) electrons. The van der Waals surface area contributed by atoms with Gasteiger partial charge in [0.2, 0.25) is 5.12 Å². The van der Waals surface area contributed by atoms with Crippen molar-refractivity contribution in [1.29, 1.82) is 0 Å². The average Bonchev–Trinajstić information content (AvgIpc) is 1.80. The third kappa shape index (κ3) is 8.76. The second-order valence-corrected chi connectivity index (χ2v) is 4.61. The molecule has 0 aliphatic carbocycles. The molecule has 0 aromatic carbocycles. The van der Waals surface area contributed by atoms with E-state index in [-0.39, 0.29) is 35.1 Å². The summed E-state index contributed by atoms with van der Waals surface area (Å²) in [6.07, 6.45) is 0. The third-order valence-electron chi connectivity index (χ3n) is 0.683. The van der Waals surface area contributed by atoms with E-state index < -0.39 is 20.3 Å². The zero-order valence-corrected chi connectivity index (χ0v) is 10.5. The summed E-state index contributed by atoms with van der Waals surface area (Å²) in [5.74, 6) is 0. The zero-order chi connectivity index (χ0) is 9.07. The molecule has 12 heavy (non-hydrogen) atoms. The van der Waals surface area contributed by atoms with E-state index in [0.717, 1.165) is 0 Å². The van der Waals surface area contributed by atoms with Crippen molar-refractivity contribution < 1.29 is 47.3 Å². The van der Waals surface area contributed by atoms with Crippen molar-refractivity contribution in [2.24, 2.45) is 0 Å². The number of hydrogen-bond acceptors (Lipinski definition) is 5. The predicted octanol–water partition coefficient (Wildman–Crippen LogP) is -2.67. The topological polar surface area (TPSA) is 74.3 Å². The van der Waals surface area contributed by atoms with Gasteiger partial charge in [-0.2, -0.15) is 0 Å². The minimum atomic E-state index is -4.30. The van der Waals surface area contributed by atoms with Crippen molar-refractivity contribution in [2.75, 3.05) is 5.08 Å². The SMILES string of the molecule is C=C(C)C(=O)SCS(=O)(=O)[O-].[Na+]. The fraction of sp³-hybridized carbons (Fsp3) is 0.400. The minimum absolute atomic E-state index is 0. The number of rotatable bonds is 3. The van der Waals surface area contributed by atoms with E-state index in [2.05, 4.69) is 6.58 Å². The molecule has 0 unspecified atom stereocenters. The maximum Gasteiger partial charge on any atom is 1.00 e. The fourth-order valence-electron chi connectivity index (χ4n) is 0.249. The molecule has 0 saturated carbocycles. The van der Waals surface area contributed by atoms with E-state index in [1.54, 1.807) is 0 Å². The molecule has 0 N–H and O–H groups in total. The van der Waals surface area contributed by atoms with Crippen LogP contribution in [0.15, 0.2) is 12.2 Å². The van der Waals surface area contributed by atoms with Crippen LogP contribution in [0.25, 0.3) is 0 Å². The monoisotopic (exact) mass is 218 g/mol. The van der Waals surface area contributed by atoms with Crippen molar-refractivity contribution in [3.05, 3.63) is 12.2 Å². The van der Waals surface area contributed by atoms with Crippen LogP contribution in [0.4, 0.5) is 0 Å². The number of hydrogen-bond donors (Lipinski definition) is 0. The quantitative estimate of drug-likeness (QED) is 0.293. The summed E-state index contributed by atoms with van der Waals surface area (Å²) in [5, 5.41) is -1.19. The van der Waals surface area contributed by atoms with Crippen LogP contribution in [0.1, 0.15) is 6.92 Å². The number of carbonyl (C=O) groups is 1. The predicted molar refractivity (Wildman–Crippen MR) is 42.0 cm³/mol. The molecule has 0 saturated heterocycles. The zero-order valence-electron chi connectivity index (χ0n) is 6.86. The first-order valence-electron chi connectivity index (χ1n) is 2.59. The Morgan fingerprint density at radius 3 is 2.25 bits per heavy atom. The van der Waals surface area contributed by atoms with Crippen LogP contribution in [-0.2, 0) is 14.9 Å². The normalized spacial score (nSPS) is 10.2. The molecule has 7 heteroatoms. The van der Waals surface area contributed by atoms with Gasteiger partial charge in [-0.05, 0) is 12.5 Å². The Kier molecular flexibility index (Phi) is 7.80. The van der Waals surface area contributed by atoms with Gasteiger partial charge in [-0.1, -0.05) is 18.3 Å². The summed E-state index contributed by atoms with van der Waals surface area (Å²) in [6, 6.07) is 0. The van der Waals surface area contributed by atoms with Crippen molar-refractivity contribution in [3.8, 4) is 0 Å². The molecule has 0 spiro atoms. The summed E-state index contributed by atoms with van der Waals surface area (Å²) in [5.41, 5.74) is 0.235. The molecular weight excluding hydrogens is 211 g/mol. The Morgan fingerprint density at radius 2 is 2.00 bits per heavy atom. The van der Waals surface area contributed by atoms with E-state index in [9.17, 15) is 17.8 Å². The molecular formula is C5H7NaO4S2. The van der Waals surface area contributed by atoms with Crippen LogP contribution in [0.2, 0.25) is 0 Å². The van der Waals surface area contributed by atoms with Gasteiger partial charge in [-0.3, -0.25) is 4.79 Å². The van der Waals surface area contributed by atoms with Gasteiger partial charge in [-0.15, -0.1) is 0 Å². The van der Waals surface area contributed by atoms with Crippen LogP contribution in [0.5, 0.6) is 0 Å². The first kappa shape index (κ1) is 15.2. The van der Waals surface area contributed by atoms with E-state index in [1.165, 1.54) is 6.92 Å². The summed E-state index contributed by atoms with van der Waals surface area (Å²) in [4.78, 5) is 10.6. The Labute approximate surface area is 97.8 Å². The molecule has 4 nitrogen and oxygen atoms in total. The largest absolute Gasteiger partial charge is 1.00 e. The Morgan fingerprint density at radius 1 is 1.58 bits per heavy atom. The molecule has 0 aromatic heterocycles. The standard InChI is InChI=1S/C5H8O4S2.Na/c1-4(2)5(6)10-3-11(7,8)9;/h1,3H2,2H3,(H,7,8,9);/q;+1/p-1. The van der Waals surface area contributed by atoms with Gasteiger partial charge in [0.1, 0.15) is 10.1 Å². The van der Waals surface area contributed by atoms with Crippen LogP contribution in [0.3, 0.4) is 0 Å². The smallest absolute Gasteiger partial charge is 0.747 e. The van der Waals surface area contributed by atoms with Crippen molar-refractivity contribution in [3.63, 3.8) is 0 Å². The first-order valence-corrected chi connectivity index (χ1v) is 5.15. The van der Waals surface area contributed by atoms with Gasteiger partial charge in [0.25, 0.3) is 0 Å². The van der Waals surface area contributed by atoms with Gasteiger partial charge in [0.15, 0.2) is 0 Å². The van der Waals surface area contributed by atoms with E-state index in [1.807, 2.05) is 0 Å². The summed E-state index contributed by atoms with van der Waals surface area (Å²) >= 11 is 0.453. The van der Waals surface area contributed by atoms with Crippen LogP contribution < -0.4 is 29.6 Å². The molecule has 0 rings (SSSR count). The first-order chi connectivity index (χ1) is 4.83. The number of carbonyl (C=O) groups excluding carboxylic acids is 1. The van der Waals surface area contributed by atoms with Crippen LogP contribution >= 0.6 is 11.8 Å². The Hall–Kier alpha value is 0.670. The van der Waals surface area contributed by atoms with E-state index >= 15 is 0 Å². The number of thioether (sulfide) groups is 1. The van der Waals surface area contributed by atoms with Gasteiger partial charge >= 0.3 is 29.6 Å². The second kappa shape index (κ2) is 6.17. The van der Waals surface area contributed by atoms with Crippen LogP contribution in [-0.4, -0.2) is 23.2 Å². The second-order valence-electron chi connectivity index (χ2n) is 1.89. The van der Waals surface area contributed by atoms with Gasteiger partial charge in [0, 0.05) is 0 Å². The van der Waals surface area contributed by atoms with E-state index in [0.29, 0.717) is 11.8 Å². The maximum absolute atomic E-state index is 10.6. The molecule has 64 valence electrons. The molecule has 0 fully saturated rings. The van der Waals surface area contributed by atoms with Gasteiger partial charge in [0.05, 0.1) is 5.08 Å². The average molecular weight is 218 g/mol. The molecule has 0 amide bonds. The summed E-state index contributed by atoms with van der Waals surface area (Å²) in [7, 11) is -4.30. The fourth-order valence-corrected chi connectivity index (χ4v) is 1.50. The minimum Gasteiger partial charge on any atom is -0.747 e. The van der Waals surface area contributed by atoms with Crippen molar-refractivity contribution in [2.45, 2.75) is 6.92 Å².